The van der Waals surface area contributed by atoms with E-state index in [1.54, 1.807) is 48.5 Å². The Morgan fingerprint density at radius 3 is 2.03 bits per heavy atom. The third-order valence-electron chi connectivity index (χ3n) is 5.33. The summed E-state index contributed by atoms with van der Waals surface area (Å²) in [6.07, 6.45) is 2.74. The van der Waals surface area contributed by atoms with Gasteiger partial charge in [-0.2, -0.15) is 0 Å². The van der Waals surface area contributed by atoms with Gasteiger partial charge in [-0.05, 0) is 34.9 Å². The largest absolute Gasteiger partial charge is 0.507 e. The summed E-state index contributed by atoms with van der Waals surface area (Å²) in [4.78, 5) is 13.2. The summed E-state index contributed by atoms with van der Waals surface area (Å²) in [5.41, 5.74) is 2.08. The minimum Gasteiger partial charge on any atom is -0.507 e. The van der Waals surface area contributed by atoms with Crippen molar-refractivity contribution in [3.05, 3.63) is 119 Å². The molecule has 6 heteroatoms. The van der Waals surface area contributed by atoms with E-state index in [-0.39, 0.29) is 17.9 Å². The molecule has 0 bridgehead atoms. The molecule has 0 aliphatic carbocycles. The first kappa shape index (κ1) is 20.6. The molecule has 0 unspecified atom stereocenters. The van der Waals surface area contributed by atoms with E-state index in [1.807, 2.05) is 36.4 Å². The van der Waals surface area contributed by atoms with Gasteiger partial charge in [0.25, 0.3) is 0 Å². The molecular formula is C30H26O6. The lowest BCUT2D eigenvalue weighted by Gasteiger charge is -2.16. The maximum atomic E-state index is 13.2. The van der Waals surface area contributed by atoms with Crippen molar-refractivity contribution in [2.24, 2.45) is 0 Å². The number of ether oxygens (including phenoxy) is 3. The molecule has 0 amide bonds. The van der Waals surface area contributed by atoms with E-state index in [1.165, 1.54) is 12.2 Å². The second-order valence-corrected chi connectivity index (χ2v) is 7.87. The summed E-state index contributed by atoms with van der Waals surface area (Å²) in [5, 5.41) is 20.9. The predicted molar refractivity (Wildman–Crippen MR) is 138 cm³/mol. The van der Waals surface area contributed by atoms with Crippen molar-refractivity contribution in [1.82, 2.24) is 0 Å². The molecule has 0 aliphatic rings. The normalized spacial score (nSPS) is 12.4. The lowest BCUT2D eigenvalue weighted by atomic mass is 10.0. The van der Waals surface area contributed by atoms with Crippen LogP contribution in [0, 0.1) is 0 Å². The number of methoxy groups -OCH3 is 1. The molecule has 0 heterocycles. The summed E-state index contributed by atoms with van der Waals surface area (Å²) in [5.74, 6) is -2.25. The van der Waals surface area contributed by atoms with Crippen LogP contribution in [0.25, 0.3) is 6.08 Å². The first-order chi connectivity index (χ1) is 18.7. The second-order valence-electron chi connectivity index (χ2n) is 7.87. The molecule has 0 atom stereocenters. The van der Waals surface area contributed by atoms with Crippen molar-refractivity contribution in [3.8, 4) is 28.7 Å². The molecule has 6 nitrogen and oxygen atoms in total. The zero-order valence-electron chi connectivity index (χ0n) is 22.3. The van der Waals surface area contributed by atoms with E-state index in [9.17, 15) is 15.0 Å². The third-order valence-corrected chi connectivity index (χ3v) is 5.33. The molecule has 0 aromatic heterocycles. The molecule has 36 heavy (non-hydrogen) atoms. The van der Waals surface area contributed by atoms with Crippen molar-refractivity contribution in [2.45, 2.75) is 13.2 Å². The molecule has 4 aromatic rings. The molecule has 0 saturated carbocycles. The summed E-state index contributed by atoms with van der Waals surface area (Å²) in [6.45, 7) is 0.344. The molecular weight excluding hydrogens is 456 g/mol. The molecule has 0 fully saturated rings. The number of hydrogen-bond donors (Lipinski definition) is 2. The van der Waals surface area contributed by atoms with Gasteiger partial charge in [-0.25, -0.2) is 0 Å². The Bertz CT molecular complexity index is 1430. The molecule has 0 saturated heterocycles. The van der Waals surface area contributed by atoms with Gasteiger partial charge in [0, 0.05) is 6.07 Å². The molecule has 4 rings (SSSR count). The lowest BCUT2D eigenvalue weighted by molar-refractivity contribution is 0.103. The van der Waals surface area contributed by atoms with Crippen LogP contribution in [0.2, 0.25) is 0 Å². The minimum absolute atomic E-state index is 0.0739. The molecule has 0 aliphatic heterocycles. The molecule has 4 aromatic carbocycles. The summed E-state index contributed by atoms with van der Waals surface area (Å²) >= 11 is 0. The highest BCUT2D eigenvalue weighted by molar-refractivity contribution is 6.11. The van der Waals surface area contributed by atoms with Crippen LogP contribution in [0.5, 0.6) is 28.7 Å². The number of hydrogen-bond acceptors (Lipinski definition) is 6. The van der Waals surface area contributed by atoms with Crippen LogP contribution in [-0.4, -0.2) is 23.0 Å². The van der Waals surface area contributed by atoms with E-state index < -0.39 is 30.1 Å². The number of phenols is 2. The smallest absolute Gasteiger partial charge is 0.204 e. The zero-order chi connectivity index (χ0) is 27.8. The van der Waals surface area contributed by atoms with Gasteiger partial charge in [0.1, 0.15) is 30.3 Å². The van der Waals surface area contributed by atoms with E-state index in [4.69, 9.17) is 18.3 Å². The zero-order valence-corrected chi connectivity index (χ0v) is 19.3. The number of benzene rings is 4. The maximum absolute atomic E-state index is 13.2. The highest BCUT2D eigenvalue weighted by atomic mass is 16.5. The van der Waals surface area contributed by atoms with Gasteiger partial charge in [-0.3, -0.25) is 4.79 Å². The Balaban J connectivity index is 1.56. The monoisotopic (exact) mass is 485 g/mol. The van der Waals surface area contributed by atoms with Crippen LogP contribution in [-0.2, 0) is 13.2 Å². The Hall–Kier alpha value is -4.71. The van der Waals surface area contributed by atoms with Crippen LogP contribution in [0.3, 0.4) is 0 Å². The topological polar surface area (TPSA) is 85.2 Å². The molecule has 0 radical (unpaired) electrons. The first-order valence-electron chi connectivity index (χ1n) is 12.6. The Morgan fingerprint density at radius 1 is 0.806 bits per heavy atom. The number of carbonyl (C=O) groups is 1. The average Bonchev–Trinajstić information content (AvgIpc) is 2.92. The SMILES string of the molecule is [2H]C([2H])([2H])Oc1c(O)cc(O)c(C(=O)/C=C/c2ccc(OCc3ccccc3)cc2)c1OCc1ccccc1. The van der Waals surface area contributed by atoms with Crippen molar-refractivity contribution in [3.63, 3.8) is 0 Å². The van der Waals surface area contributed by atoms with Crippen molar-refractivity contribution >= 4 is 11.9 Å². The van der Waals surface area contributed by atoms with Gasteiger partial charge in [0.2, 0.25) is 5.75 Å². The van der Waals surface area contributed by atoms with Gasteiger partial charge in [0.05, 0.1) is 11.2 Å². The summed E-state index contributed by atoms with van der Waals surface area (Å²) < 4.78 is 38.8. The fourth-order valence-electron chi connectivity index (χ4n) is 3.49. The van der Waals surface area contributed by atoms with Gasteiger partial charge in [-0.15, -0.1) is 0 Å². The van der Waals surface area contributed by atoms with Gasteiger partial charge >= 0.3 is 0 Å². The number of aromatic hydroxyl groups is 2. The van der Waals surface area contributed by atoms with Crippen molar-refractivity contribution in [2.75, 3.05) is 7.04 Å². The van der Waals surface area contributed by atoms with Crippen LogP contribution < -0.4 is 14.2 Å². The maximum Gasteiger partial charge on any atom is 0.204 e. The predicted octanol–water partition coefficient (Wildman–Crippen LogP) is 6.16. The third kappa shape index (κ3) is 6.04. The van der Waals surface area contributed by atoms with E-state index >= 15 is 0 Å². The van der Waals surface area contributed by atoms with Crippen molar-refractivity contribution < 1.29 is 33.3 Å². The summed E-state index contributed by atoms with van der Waals surface area (Å²) in [7, 11) is -2.94. The van der Waals surface area contributed by atoms with E-state index in [2.05, 4.69) is 0 Å². The van der Waals surface area contributed by atoms with Crippen LogP contribution in [0.1, 0.15) is 31.2 Å². The number of allylic oxidation sites excluding steroid dienone is 1. The fraction of sp³-hybridized carbons (Fsp3) is 0.100. The van der Waals surface area contributed by atoms with Crippen LogP contribution in [0.4, 0.5) is 0 Å². The van der Waals surface area contributed by atoms with Gasteiger partial charge in [0.15, 0.2) is 17.3 Å². The van der Waals surface area contributed by atoms with Crippen LogP contribution >= 0.6 is 0 Å². The van der Waals surface area contributed by atoms with Gasteiger partial charge in [-0.1, -0.05) is 78.9 Å². The minimum atomic E-state index is -2.94. The summed E-state index contributed by atoms with van der Waals surface area (Å²) in [6, 6.07) is 26.5. The molecule has 0 spiro atoms. The molecule has 182 valence electrons. The first-order valence-corrected chi connectivity index (χ1v) is 11.1. The van der Waals surface area contributed by atoms with E-state index in [0.29, 0.717) is 23.5 Å². The fourth-order valence-corrected chi connectivity index (χ4v) is 3.49. The van der Waals surface area contributed by atoms with Crippen molar-refractivity contribution in [1.29, 1.82) is 0 Å². The highest BCUT2D eigenvalue weighted by Crippen LogP contribution is 2.45. The number of ketones is 1. The highest BCUT2D eigenvalue weighted by Gasteiger charge is 2.24. The quantitative estimate of drug-likeness (QED) is 0.207. The number of rotatable bonds is 10. The Morgan fingerprint density at radius 2 is 1.42 bits per heavy atom. The Kier molecular flexibility index (Phi) is 6.66. The second kappa shape index (κ2) is 11.6. The number of phenolic OH excluding ortho intramolecular Hbond substituents is 2. The van der Waals surface area contributed by atoms with Crippen LogP contribution in [0.15, 0.2) is 97.1 Å². The average molecular weight is 486 g/mol. The standard InChI is InChI=1S/C30H26O6/c1-34-29-27(33)18-26(32)28(30(29)36-20-23-10-6-3-7-11-23)25(31)17-14-21-12-15-24(16-13-21)35-19-22-8-4-2-5-9-22/h2-18,32-33H,19-20H2,1H3/b17-14+/i1D3. The molecule has 2 N–H and O–H groups in total. The Labute approximate surface area is 213 Å². The number of carbonyl (C=O) groups excluding carboxylic acids is 1. The van der Waals surface area contributed by atoms with E-state index in [0.717, 1.165) is 11.6 Å². The van der Waals surface area contributed by atoms with Gasteiger partial charge < -0.3 is 24.4 Å². The lowest BCUT2D eigenvalue weighted by Crippen LogP contribution is -2.05.